The van der Waals surface area contributed by atoms with Gasteiger partial charge in [0.05, 0.1) is 23.3 Å². The van der Waals surface area contributed by atoms with E-state index in [-0.39, 0.29) is 0 Å². The molecule has 0 saturated carbocycles. The van der Waals surface area contributed by atoms with Crippen LogP contribution in [0, 0.1) is 22.7 Å². The number of para-hydroxylation sites is 2. The summed E-state index contributed by atoms with van der Waals surface area (Å²) in [7, 11) is 0. The van der Waals surface area contributed by atoms with Crippen molar-refractivity contribution in [1.82, 2.24) is 0 Å². The second-order valence-corrected chi connectivity index (χ2v) is 15.3. The molecule has 9 rings (SSSR count). The van der Waals surface area contributed by atoms with Crippen LogP contribution in [-0.4, -0.2) is 0 Å². The van der Waals surface area contributed by atoms with Crippen molar-refractivity contribution in [1.29, 1.82) is 10.5 Å². The predicted octanol–water partition coefficient (Wildman–Crippen LogP) is 16.1. The third kappa shape index (κ3) is 9.19. The molecule has 0 atom stereocenters. The molecule has 4 heteroatoms. The molecular formula is C60H42N4. The predicted molar refractivity (Wildman–Crippen MR) is 267 cm³/mol. The van der Waals surface area contributed by atoms with Crippen LogP contribution in [0.1, 0.15) is 22.3 Å². The largest absolute Gasteiger partial charge is 0.311 e. The number of hydrogen-bond acceptors (Lipinski definition) is 4. The Morgan fingerprint density at radius 2 is 0.531 bits per heavy atom. The normalized spacial score (nSPS) is 11.3. The maximum Gasteiger partial charge on any atom is 0.0998 e. The summed E-state index contributed by atoms with van der Waals surface area (Å²) >= 11 is 0. The number of nitriles is 2. The van der Waals surface area contributed by atoms with Gasteiger partial charge in [0, 0.05) is 34.1 Å². The molecule has 0 saturated heterocycles. The minimum Gasteiger partial charge on any atom is -0.311 e. The molecule has 0 N–H and O–H groups in total. The summed E-state index contributed by atoms with van der Waals surface area (Å²) in [6, 6.07) is 87.5. The van der Waals surface area contributed by atoms with Crippen LogP contribution < -0.4 is 9.80 Å². The van der Waals surface area contributed by atoms with Gasteiger partial charge in [-0.2, -0.15) is 10.5 Å². The monoisotopic (exact) mass is 818 g/mol. The lowest BCUT2D eigenvalue weighted by Crippen LogP contribution is -2.09. The molecule has 0 fully saturated rings. The molecule has 0 unspecified atom stereocenters. The van der Waals surface area contributed by atoms with Crippen molar-refractivity contribution < 1.29 is 0 Å². The van der Waals surface area contributed by atoms with Crippen molar-refractivity contribution >= 4 is 57.4 Å². The first-order chi connectivity index (χ1) is 31.6. The second kappa shape index (κ2) is 19.2. The molecule has 0 aromatic heterocycles. The molecule has 64 heavy (non-hydrogen) atoms. The number of benzene rings is 9. The van der Waals surface area contributed by atoms with Gasteiger partial charge in [-0.15, -0.1) is 0 Å². The summed E-state index contributed by atoms with van der Waals surface area (Å²) in [6.07, 6.45) is 3.80. The highest BCUT2D eigenvalue weighted by atomic mass is 15.1. The third-order valence-electron chi connectivity index (χ3n) is 11.2. The molecule has 4 nitrogen and oxygen atoms in total. The standard InChI is InChI=1S/C60H42N4/c61-43-53(51-29-37-59(38-30-51)63(55-17-9-3-10-18-55)57-33-25-49(26-34-57)47-13-5-1-6-14-47)41-45-21-23-46(24-22-45)42-54(44-62)52-31-39-60(40-32-52)64(56-19-11-4-12-20-56)58-35-27-50(28-36-58)48-15-7-2-8-16-48/h1-42H. The Hall–Kier alpha value is -8.96. The zero-order valence-corrected chi connectivity index (χ0v) is 35.0. The number of nitrogens with zero attached hydrogens (tertiary/aromatic N) is 4. The van der Waals surface area contributed by atoms with Gasteiger partial charge in [0.2, 0.25) is 0 Å². The van der Waals surface area contributed by atoms with Crippen LogP contribution in [0.4, 0.5) is 34.1 Å². The van der Waals surface area contributed by atoms with Crippen molar-refractivity contribution in [2.24, 2.45) is 0 Å². The van der Waals surface area contributed by atoms with Crippen LogP contribution >= 0.6 is 0 Å². The fraction of sp³-hybridized carbons (Fsp3) is 0. The highest BCUT2D eigenvalue weighted by molar-refractivity contribution is 5.92. The van der Waals surface area contributed by atoms with Crippen LogP contribution in [0.5, 0.6) is 0 Å². The molecule has 9 aromatic rings. The van der Waals surface area contributed by atoms with E-state index in [1.54, 1.807) is 0 Å². The maximum absolute atomic E-state index is 10.3. The highest BCUT2D eigenvalue weighted by Crippen LogP contribution is 2.38. The SMILES string of the molecule is N#CC(=Cc1ccc(C=C(C#N)c2ccc(N(c3ccccc3)c3ccc(-c4ccccc4)cc3)cc2)cc1)c1ccc(N(c2ccccc2)c2ccc(-c3ccccc3)cc2)cc1. The van der Waals surface area contributed by atoms with E-state index in [1.165, 1.54) is 11.1 Å². The van der Waals surface area contributed by atoms with Crippen molar-refractivity contribution in [3.63, 3.8) is 0 Å². The zero-order chi connectivity index (χ0) is 43.5. The highest BCUT2D eigenvalue weighted by Gasteiger charge is 2.15. The minimum absolute atomic E-state index is 0.558. The molecule has 0 aliphatic heterocycles. The molecule has 0 radical (unpaired) electrons. The summed E-state index contributed by atoms with van der Waals surface area (Å²) in [5.41, 5.74) is 15.4. The Labute approximate surface area is 375 Å². The first kappa shape index (κ1) is 40.4. The summed E-state index contributed by atoms with van der Waals surface area (Å²) in [5.74, 6) is 0. The van der Waals surface area contributed by atoms with Crippen molar-refractivity contribution in [2.75, 3.05) is 9.80 Å². The van der Waals surface area contributed by atoms with Gasteiger partial charge in [-0.25, -0.2) is 0 Å². The molecule has 302 valence electrons. The Bertz CT molecular complexity index is 2870. The van der Waals surface area contributed by atoms with Gasteiger partial charge in [0.25, 0.3) is 0 Å². The number of rotatable bonds is 12. The van der Waals surface area contributed by atoms with Crippen molar-refractivity contribution in [3.05, 3.63) is 265 Å². The van der Waals surface area contributed by atoms with E-state index < -0.39 is 0 Å². The Kier molecular flexibility index (Phi) is 12.1. The summed E-state index contributed by atoms with van der Waals surface area (Å²) in [4.78, 5) is 4.44. The topological polar surface area (TPSA) is 54.1 Å². The van der Waals surface area contributed by atoms with E-state index in [0.717, 1.165) is 67.5 Å². The third-order valence-corrected chi connectivity index (χ3v) is 11.2. The fourth-order valence-corrected chi connectivity index (χ4v) is 7.88. The first-order valence-corrected chi connectivity index (χ1v) is 21.2. The molecule has 0 bridgehead atoms. The van der Waals surface area contributed by atoms with Crippen LogP contribution in [0.3, 0.4) is 0 Å². The van der Waals surface area contributed by atoms with Gasteiger partial charge in [-0.1, -0.05) is 170 Å². The lowest BCUT2D eigenvalue weighted by Gasteiger charge is -2.26. The van der Waals surface area contributed by atoms with Gasteiger partial charge in [0.1, 0.15) is 0 Å². The summed E-state index contributed by atoms with van der Waals surface area (Å²) in [6.45, 7) is 0. The molecule has 0 amide bonds. The van der Waals surface area contributed by atoms with E-state index in [2.05, 4.69) is 168 Å². The van der Waals surface area contributed by atoms with Gasteiger partial charge in [0.15, 0.2) is 0 Å². The van der Waals surface area contributed by atoms with Crippen LogP contribution in [-0.2, 0) is 0 Å². The lowest BCUT2D eigenvalue weighted by molar-refractivity contribution is 1.28. The minimum atomic E-state index is 0.558. The quantitative estimate of drug-likeness (QED) is 0.0910. The van der Waals surface area contributed by atoms with E-state index >= 15 is 0 Å². The van der Waals surface area contributed by atoms with Gasteiger partial charge < -0.3 is 9.80 Å². The molecule has 0 aliphatic rings. The fourth-order valence-electron chi connectivity index (χ4n) is 7.88. The summed E-state index contributed by atoms with van der Waals surface area (Å²) in [5, 5.41) is 20.6. The molecular weight excluding hydrogens is 777 g/mol. The maximum atomic E-state index is 10.3. The van der Waals surface area contributed by atoms with Crippen LogP contribution in [0.25, 0.3) is 45.6 Å². The lowest BCUT2D eigenvalue weighted by atomic mass is 10.0. The number of anilines is 6. The molecule has 0 aliphatic carbocycles. The van der Waals surface area contributed by atoms with Crippen LogP contribution in [0.2, 0.25) is 0 Å². The average Bonchev–Trinajstić information content (AvgIpc) is 3.37. The van der Waals surface area contributed by atoms with Gasteiger partial charge in [-0.05, 0) is 129 Å². The number of allylic oxidation sites excluding steroid dienone is 2. The van der Waals surface area contributed by atoms with E-state index in [9.17, 15) is 10.5 Å². The van der Waals surface area contributed by atoms with Crippen LogP contribution in [0.15, 0.2) is 243 Å². The first-order valence-electron chi connectivity index (χ1n) is 21.2. The molecule has 0 heterocycles. The molecule has 9 aromatic carbocycles. The smallest absolute Gasteiger partial charge is 0.0998 e. The van der Waals surface area contributed by atoms with E-state index in [4.69, 9.17) is 0 Å². The van der Waals surface area contributed by atoms with Gasteiger partial charge in [-0.3, -0.25) is 0 Å². The molecule has 0 spiro atoms. The summed E-state index contributed by atoms with van der Waals surface area (Å²) < 4.78 is 0. The average molecular weight is 819 g/mol. The Morgan fingerprint density at radius 1 is 0.281 bits per heavy atom. The van der Waals surface area contributed by atoms with E-state index in [1.807, 2.05) is 109 Å². The second-order valence-electron chi connectivity index (χ2n) is 15.3. The van der Waals surface area contributed by atoms with E-state index in [0.29, 0.717) is 11.1 Å². The Morgan fingerprint density at radius 3 is 0.828 bits per heavy atom. The Balaban J connectivity index is 0.922. The zero-order valence-electron chi connectivity index (χ0n) is 35.0. The van der Waals surface area contributed by atoms with Gasteiger partial charge >= 0.3 is 0 Å². The van der Waals surface area contributed by atoms with Crippen molar-refractivity contribution in [3.8, 4) is 34.4 Å². The van der Waals surface area contributed by atoms with Crippen molar-refractivity contribution in [2.45, 2.75) is 0 Å². The number of hydrogen-bond donors (Lipinski definition) is 0.